The van der Waals surface area contributed by atoms with Crippen LogP contribution in [0.25, 0.3) is 0 Å². The second kappa shape index (κ2) is 6.37. The van der Waals surface area contributed by atoms with E-state index in [4.69, 9.17) is 10.5 Å². The zero-order valence-electron chi connectivity index (χ0n) is 9.19. The van der Waals surface area contributed by atoms with Crippen molar-refractivity contribution in [1.29, 1.82) is 0 Å². The van der Waals surface area contributed by atoms with Crippen LogP contribution in [0.4, 0.5) is 0 Å². The molecule has 0 amide bonds. The van der Waals surface area contributed by atoms with Crippen molar-refractivity contribution in [3.05, 3.63) is 0 Å². The van der Waals surface area contributed by atoms with Crippen molar-refractivity contribution in [3.8, 4) is 0 Å². The van der Waals surface area contributed by atoms with Gasteiger partial charge in [0.15, 0.2) is 0 Å². The largest absolute Gasteiger partial charge is 0.392 e. The van der Waals surface area contributed by atoms with Gasteiger partial charge in [-0.2, -0.15) is 0 Å². The Kier molecular flexibility index (Phi) is 6.26. The topological polar surface area (TPSA) is 81.4 Å². The summed E-state index contributed by atoms with van der Waals surface area (Å²) in [7, 11) is -1.92. The number of hydrogen-bond acceptors (Lipinski definition) is 4. The van der Waals surface area contributed by atoms with Gasteiger partial charge in [0.2, 0.25) is 10.0 Å². The van der Waals surface area contributed by atoms with E-state index >= 15 is 0 Å². The number of thiocarbonyl (C=S) groups is 1. The molecule has 0 heterocycles. The summed E-state index contributed by atoms with van der Waals surface area (Å²) in [6.07, 6.45) is 0. The third-order valence-electron chi connectivity index (χ3n) is 1.81. The van der Waals surface area contributed by atoms with Crippen LogP contribution < -0.4 is 10.5 Å². The van der Waals surface area contributed by atoms with Crippen molar-refractivity contribution in [3.63, 3.8) is 0 Å². The van der Waals surface area contributed by atoms with Crippen LogP contribution in [0.2, 0.25) is 0 Å². The molecule has 0 aliphatic carbocycles. The van der Waals surface area contributed by atoms with Crippen molar-refractivity contribution >= 4 is 27.2 Å². The molecule has 0 aromatic rings. The molecule has 0 radical (unpaired) electrons. The second-order valence-corrected chi connectivity index (χ2v) is 5.93. The van der Waals surface area contributed by atoms with E-state index in [9.17, 15) is 8.42 Å². The molecular weight excluding hydrogens is 236 g/mol. The predicted molar refractivity (Wildman–Crippen MR) is 64.2 cm³/mol. The summed E-state index contributed by atoms with van der Waals surface area (Å²) in [5.41, 5.74) is 5.19. The third-order valence-corrected chi connectivity index (χ3v) is 3.49. The number of nitrogens with one attached hydrogen (secondary N) is 1. The van der Waals surface area contributed by atoms with Gasteiger partial charge in [-0.05, 0) is 5.92 Å². The van der Waals surface area contributed by atoms with Crippen LogP contribution in [-0.2, 0) is 14.8 Å². The minimum atomic E-state index is -3.44. The summed E-state index contributed by atoms with van der Waals surface area (Å²) in [5.74, 6) is -0.180. The lowest BCUT2D eigenvalue weighted by Crippen LogP contribution is -2.44. The van der Waals surface area contributed by atoms with Crippen LogP contribution in [0.1, 0.15) is 13.8 Å². The SMILES string of the molecule is COCC(NS(=O)(=O)CC(N)=S)C(C)C. The van der Waals surface area contributed by atoms with Crippen molar-refractivity contribution in [2.24, 2.45) is 11.7 Å². The Labute approximate surface area is 96.4 Å². The molecule has 90 valence electrons. The lowest BCUT2D eigenvalue weighted by molar-refractivity contribution is 0.157. The molecule has 15 heavy (non-hydrogen) atoms. The molecule has 0 saturated carbocycles. The minimum Gasteiger partial charge on any atom is -0.392 e. The van der Waals surface area contributed by atoms with Gasteiger partial charge >= 0.3 is 0 Å². The summed E-state index contributed by atoms with van der Waals surface area (Å²) in [4.78, 5) is -0.0394. The van der Waals surface area contributed by atoms with Gasteiger partial charge in [-0.1, -0.05) is 26.1 Å². The minimum absolute atomic E-state index is 0.0394. The quantitative estimate of drug-likeness (QED) is 0.618. The Morgan fingerprint density at radius 3 is 2.40 bits per heavy atom. The number of rotatable bonds is 7. The van der Waals surface area contributed by atoms with Gasteiger partial charge in [0, 0.05) is 13.2 Å². The highest BCUT2D eigenvalue weighted by Crippen LogP contribution is 2.03. The van der Waals surface area contributed by atoms with Crippen molar-refractivity contribution in [1.82, 2.24) is 4.72 Å². The fourth-order valence-corrected chi connectivity index (χ4v) is 2.73. The van der Waals surface area contributed by atoms with Gasteiger partial charge in [0.05, 0.1) is 11.6 Å². The highest BCUT2D eigenvalue weighted by atomic mass is 32.2. The Morgan fingerprint density at radius 1 is 1.53 bits per heavy atom. The first kappa shape index (κ1) is 14.8. The summed E-state index contributed by atoms with van der Waals surface area (Å²) >= 11 is 4.55. The lowest BCUT2D eigenvalue weighted by atomic mass is 10.1. The Bertz CT molecular complexity index is 301. The molecule has 3 N–H and O–H groups in total. The van der Waals surface area contributed by atoms with Gasteiger partial charge < -0.3 is 10.5 Å². The first-order chi connectivity index (χ1) is 6.78. The van der Waals surface area contributed by atoms with E-state index < -0.39 is 10.0 Å². The van der Waals surface area contributed by atoms with E-state index in [1.807, 2.05) is 13.8 Å². The van der Waals surface area contributed by atoms with E-state index in [1.165, 1.54) is 7.11 Å². The normalized spacial score (nSPS) is 14.1. The van der Waals surface area contributed by atoms with Crippen LogP contribution in [0.5, 0.6) is 0 Å². The molecule has 0 rings (SSSR count). The summed E-state index contributed by atoms with van der Waals surface area (Å²) in [5, 5.41) is 0. The lowest BCUT2D eigenvalue weighted by Gasteiger charge is -2.21. The maximum atomic E-state index is 11.5. The zero-order valence-corrected chi connectivity index (χ0v) is 10.8. The van der Waals surface area contributed by atoms with E-state index in [-0.39, 0.29) is 22.7 Å². The Morgan fingerprint density at radius 2 is 2.07 bits per heavy atom. The summed E-state index contributed by atoms with van der Waals surface area (Å²) < 4.78 is 30.4. The molecule has 0 spiro atoms. The number of methoxy groups -OCH3 is 1. The zero-order chi connectivity index (χ0) is 12.1. The molecule has 7 heteroatoms. The molecule has 5 nitrogen and oxygen atoms in total. The van der Waals surface area contributed by atoms with Gasteiger partial charge in [-0.25, -0.2) is 13.1 Å². The second-order valence-electron chi connectivity index (χ2n) is 3.65. The first-order valence-electron chi connectivity index (χ1n) is 4.55. The average molecular weight is 254 g/mol. The van der Waals surface area contributed by atoms with Crippen molar-refractivity contribution in [2.45, 2.75) is 19.9 Å². The molecule has 0 aromatic heterocycles. The molecular formula is C8H18N2O3S2. The Hall–Kier alpha value is -0.240. The fraction of sp³-hybridized carbons (Fsp3) is 0.875. The van der Waals surface area contributed by atoms with Crippen LogP contribution >= 0.6 is 12.2 Å². The Balaban J connectivity index is 4.45. The maximum absolute atomic E-state index is 11.5. The highest BCUT2D eigenvalue weighted by Gasteiger charge is 2.21. The molecule has 0 bridgehead atoms. The number of hydrogen-bond donors (Lipinski definition) is 2. The fourth-order valence-electron chi connectivity index (χ4n) is 1.00. The molecule has 0 saturated heterocycles. The van der Waals surface area contributed by atoms with Crippen LogP contribution in [0, 0.1) is 5.92 Å². The van der Waals surface area contributed by atoms with Gasteiger partial charge in [-0.15, -0.1) is 0 Å². The van der Waals surface area contributed by atoms with E-state index in [0.29, 0.717) is 6.61 Å². The summed E-state index contributed by atoms with van der Waals surface area (Å²) in [6.45, 7) is 4.15. The number of nitrogens with two attached hydrogens (primary N) is 1. The number of sulfonamides is 1. The van der Waals surface area contributed by atoms with Gasteiger partial charge in [0.1, 0.15) is 5.75 Å². The monoisotopic (exact) mass is 254 g/mol. The van der Waals surface area contributed by atoms with Crippen molar-refractivity contribution in [2.75, 3.05) is 19.5 Å². The highest BCUT2D eigenvalue weighted by molar-refractivity contribution is 7.92. The van der Waals surface area contributed by atoms with Crippen molar-refractivity contribution < 1.29 is 13.2 Å². The van der Waals surface area contributed by atoms with Crippen LogP contribution in [0.3, 0.4) is 0 Å². The molecule has 1 unspecified atom stereocenters. The predicted octanol–water partition coefficient (Wildman–Crippen LogP) is -0.137. The molecule has 0 aliphatic rings. The maximum Gasteiger partial charge on any atom is 0.218 e. The third kappa shape index (κ3) is 6.77. The molecule has 1 atom stereocenters. The average Bonchev–Trinajstić information content (AvgIpc) is 2.00. The molecule has 0 aliphatic heterocycles. The van der Waals surface area contributed by atoms with E-state index in [1.54, 1.807) is 0 Å². The number of ether oxygens (including phenoxy) is 1. The molecule has 0 fully saturated rings. The van der Waals surface area contributed by atoms with Crippen LogP contribution in [-0.4, -0.2) is 38.9 Å². The van der Waals surface area contributed by atoms with Gasteiger partial charge in [0.25, 0.3) is 0 Å². The van der Waals surface area contributed by atoms with E-state index in [2.05, 4.69) is 16.9 Å². The molecule has 0 aromatic carbocycles. The van der Waals surface area contributed by atoms with Gasteiger partial charge in [-0.3, -0.25) is 0 Å². The van der Waals surface area contributed by atoms with E-state index in [0.717, 1.165) is 0 Å². The first-order valence-corrected chi connectivity index (χ1v) is 6.61. The standard InChI is InChI=1S/C8H18N2O3S2/c1-6(2)7(4-13-3)10-15(11,12)5-8(9)14/h6-7,10H,4-5H2,1-3H3,(H2,9,14). The smallest absolute Gasteiger partial charge is 0.218 e. The summed E-state index contributed by atoms with van der Waals surface area (Å²) in [6, 6.07) is -0.255. The van der Waals surface area contributed by atoms with Crippen LogP contribution in [0.15, 0.2) is 0 Å².